The average molecular weight is 262 g/mol. The highest BCUT2D eigenvalue weighted by Crippen LogP contribution is 2.32. The first-order valence-electron chi connectivity index (χ1n) is 7.20. The maximum Gasteiger partial charge on any atom is 0.505 e. The zero-order valence-electron chi connectivity index (χ0n) is 11.3. The van der Waals surface area contributed by atoms with Gasteiger partial charge in [0.25, 0.3) is 0 Å². The molecule has 0 radical (unpaired) electrons. The van der Waals surface area contributed by atoms with Gasteiger partial charge in [-0.1, -0.05) is 43.5 Å². The summed E-state index contributed by atoms with van der Waals surface area (Å²) in [7, 11) is 0. The number of rotatable bonds is 5. The van der Waals surface area contributed by atoms with Gasteiger partial charge >= 0.3 is 6.16 Å². The molecule has 1 aromatic rings. The molecule has 1 N–H and O–H groups in total. The fraction of sp³-hybridized carbons (Fsp3) is 0.562. The van der Waals surface area contributed by atoms with Crippen molar-refractivity contribution >= 4 is 6.16 Å². The number of carboxylic acid groups (broad SMARTS) is 1. The molecule has 0 aliphatic heterocycles. The Morgan fingerprint density at radius 2 is 1.84 bits per heavy atom. The Morgan fingerprint density at radius 3 is 2.47 bits per heavy atom. The van der Waals surface area contributed by atoms with E-state index in [4.69, 9.17) is 5.11 Å². The summed E-state index contributed by atoms with van der Waals surface area (Å²) in [5, 5.41) is 8.37. The molecular formula is C16H22O3. The van der Waals surface area contributed by atoms with Crippen molar-refractivity contribution < 1.29 is 14.6 Å². The van der Waals surface area contributed by atoms with E-state index in [1.54, 1.807) is 0 Å². The quantitative estimate of drug-likeness (QED) is 0.633. The Morgan fingerprint density at radius 1 is 1.16 bits per heavy atom. The SMILES string of the molecule is O=C(O)OCCCc1ccc(C2CCCCC2)cc1. The highest BCUT2D eigenvalue weighted by Gasteiger charge is 2.14. The summed E-state index contributed by atoms with van der Waals surface area (Å²) in [6, 6.07) is 8.82. The molecule has 1 saturated carbocycles. The topological polar surface area (TPSA) is 46.5 Å². The van der Waals surface area contributed by atoms with E-state index < -0.39 is 6.16 Å². The largest absolute Gasteiger partial charge is 0.505 e. The van der Waals surface area contributed by atoms with Crippen LogP contribution < -0.4 is 0 Å². The second-order valence-electron chi connectivity index (χ2n) is 5.29. The lowest BCUT2D eigenvalue weighted by Crippen LogP contribution is -2.05. The highest BCUT2D eigenvalue weighted by molar-refractivity contribution is 5.56. The van der Waals surface area contributed by atoms with E-state index in [0.29, 0.717) is 0 Å². The van der Waals surface area contributed by atoms with Crippen molar-refractivity contribution in [3.05, 3.63) is 35.4 Å². The van der Waals surface area contributed by atoms with Gasteiger partial charge in [0.1, 0.15) is 0 Å². The van der Waals surface area contributed by atoms with Crippen LogP contribution in [0.1, 0.15) is 55.6 Å². The van der Waals surface area contributed by atoms with Crippen molar-refractivity contribution in [3.63, 3.8) is 0 Å². The third-order valence-corrected chi connectivity index (χ3v) is 3.89. The number of hydrogen-bond acceptors (Lipinski definition) is 2. The van der Waals surface area contributed by atoms with Gasteiger partial charge in [0.2, 0.25) is 0 Å². The summed E-state index contributed by atoms with van der Waals surface area (Å²) >= 11 is 0. The standard InChI is InChI=1S/C16H22O3/c17-16(18)19-12-4-5-13-8-10-15(11-9-13)14-6-2-1-3-7-14/h8-11,14H,1-7,12H2,(H,17,18). The molecule has 1 fully saturated rings. The van der Waals surface area contributed by atoms with Crippen molar-refractivity contribution in [2.24, 2.45) is 0 Å². The zero-order chi connectivity index (χ0) is 13.5. The fourth-order valence-corrected chi connectivity index (χ4v) is 2.83. The number of carbonyl (C=O) groups is 1. The first kappa shape index (κ1) is 13.9. The Balaban J connectivity index is 1.79. The van der Waals surface area contributed by atoms with Crippen molar-refractivity contribution in [1.29, 1.82) is 0 Å². The molecule has 3 nitrogen and oxygen atoms in total. The van der Waals surface area contributed by atoms with E-state index in [1.807, 2.05) is 0 Å². The number of hydrogen-bond donors (Lipinski definition) is 1. The van der Waals surface area contributed by atoms with Crippen LogP contribution in [0.2, 0.25) is 0 Å². The molecule has 0 heterocycles. The highest BCUT2D eigenvalue weighted by atomic mass is 16.7. The maximum absolute atomic E-state index is 10.2. The molecule has 0 atom stereocenters. The van der Waals surface area contributed by atoms with Crippen LogP contribution in [0.4, 0.5) is 4.79 Å². The number of aryl methyl sites for hydroxylation is 1. The molecule has 0 amide bonds. The third-order valence-electron chi connectivity index (χ3n) is 3.89. The monoisotopic (exact) mass is 262 g/mol. The average Bonchev–Trinajstić information content (AvgIpc) is 2.45. The van der Waals surface area contributed by atoms with Crippen LogP contribution >= 0.6 is 0 Å². The molecular weight excluding hydrogens is 240 g/mol. The first-order valence-corrected chi connectivity index (χ1v) is 7.20. The molecule has 2 rings (SSSR count). The van der Waals surface area contributed by atoms with Crippen LogP contribution in [-0.4, -0.2) is 17.9 Å². The van der Waals surface area contributed by atoms with Gasteiger partial charge in [-0.15, -0.1) is 0 Å². The summed E-state index contributed by atoms with van der Waals surface area (Å²) < 4.78 is 4.50. The van der Waals surface area contributed by atoms with Gasteiger partial charge in [0.15, 0.2) is 0 Å². The van der Waals surface area contributed by atoms with Gasteiger partial charge in [-0.2, -0.15) is 0 Å². The second kappa shape index (κ2) is 7.17. The molecule has 0 bridgehead atoms. The van der Waals surface area contributed by atoms with Gasteiger partial charge in [-0.05, 0) is 42.7 Å². The van der Waals surface area contributed by atoms with Crippen LogP contribution in [-0.2, 0) is 11.2 Å². The summed E-state index contributed by atoms with van der Waals surface area (Å²) in [5.74, 6) is 0.748. The van der Waals surface area contributed by atoms with E-state index >= 15 is 0 Å². The van der Waals surface area contributed by atoms with Crippen molar-refractivity contribution in [2.75, 3.05) is 6.61 Å². The van der Waals surface area contributed by atoms with Crippen molar-refractivity contribution in [3.8, 4) is 0 Å². The Kier molecular flexibility index (Phi) is 5.25. The minimum absolute atomic E-state index is 0.277. The zero-order valence-corrected chi connectivity index (χ0v) is 11.3. The minimum atomic E-state index is -1.19. The summed E-state index contributed by atoms with van der Waals surface area (Å²) in [5.41, 5.74) is 2.72. The molecule has 0 spiro atoms. The van der Waals surface area contributed by atoms with E-state index in [0.717, 1.165) is 18.8 Å². The van der Waals surface area contributed by atoms with Gasteiger partial charge in [-0.3, -0.25) is 0 Å². The molecule has 1 aliphatic rings. The molecule has 0 saturated heterocycles. The van der Waals surface area contributed by atoms with E-state index in [9.17, 15) is 4.79 Å². The molecule has 1 aliphatic carbocycles. The van der Waals surface area contributed by atoms with Gasteiger partial charge in [0, 0.05) is 0 Å². The summed E-state index contributed by atoms with van der Waals surface area (Å²) in [6.45, 7) is 0.277. The van der Waals surface area contributed by atoms with E-state index in [1.165, 1.54) is 43.2 Å². The van der Waals surface area contributed by atoms with Crippen LogP contribution in [0, 0.1) is 0 Å². The molecule has 104 valence electrons. The van der Waals surface area contributed by atoms with Crippen LogP contribution in [0.5, 0.6) is 0 Å². The summed E-state index contributed by atoms with van der Waals surface area (Å²) in [4.78, 5) is 10.2. The maximum atomic E-state index is 10.2. The number of benzene rings is 1. The van der Waals surface area contributed by atoms with Gasteiger partial charge in [0.05, 0.1) is 6.61 Å². The lowest BCUT2D eigenvalue weighted by Gasteiger charge is -2.22. The molecule has 19 heavy (non-hydrogen) atoms. The molecule has 1 aromatic carbocycles. The van der Waals surface area contributed by atoms with Crippen LogP contribution in [0.3, 0.4) is 0 Å². The van der Waals surface area contributed by atoms with Gasteiger partial charge in [-0.25, -0.2) is 4.79 Å². The summed E-state index contributed by atoms with van der Waals surface area (Å²) in [6.07, 6.45) is 7.19. The first-order chi connectivity index (χ1) is 9.25. The van der Waals surface area contributed by atoms with Crippen LogP contribution in [0.15, 0.2) is 24.3 Å². The second-order valence-corrected chi connectivity index (χ2v) is 5.29. The Hall–Kier alpha value is -1.51. The fourth-order valence-electron chi connectivity index (χ4n) is 2.83. The smallest absolute Gasteiger partial charge is 0.450 e. The lowest BCUT2D eigenvalue weighted by atomic mass is 9.84. The van der Waals surface area contributed by atoms with Crippen molar-refractivity contribution in [2.45, 2.75) is 50.9 Å². The Labute approximate surface area is 114 Å². The van der Waals surface area contributed by atoms with Crippen molar-refractivity contribution in [1.82, 2.24) is 0 Å². The third kappa shape index (κ3) is 4.58. The number of ether oxygens (including phenoxy) is 1. The predicted octanol–water partition coefficient (Wildman–Crippen LogP) is 4.36. The van der Waals surface area contributed by atoms with E-state index in [-0.39, 0.29) is 6.61 Å². The normalized spacial score (nSPS) is 16.2. The Bertz CT molecular complexity index is 391. The molecule has 3 heteroatoms. The molecule has 0 aromatic heterocycles. The van der Waals surface area contributed by atoms with Crippen LogP contribution in [0.25, 0.3) is 0 Å². The van der Waals surface area contributed by atoms with E-state index in [2.05, 4.69) is 29.0 Å². The minimum Gasteiger partial charge on any atom is -0.450 e. The van der Waals surface area contributed by atoms with Gasteiger partial charge < -0.3 is 9.84 Å². The molecule has 0 unspecified atom stereocenters. The lowest BCUT2D eigenvalue weighted by molar-refractivity contribution is 0.0907. The predicted molar refractivity (Wildman–Crippen MR) is 74.6 cm³/mol.